The molecular formula is C32H40N3OSi+. The summed E-state index contributed by atoms with van der Waals surface area (Å²) in [4.78, 5) is 15.6. The molecule has 0 unspecified atom stereocenters. The van der Waals surface area contributed by atoms with E-state index in [1.165, 1.54) is 44.1 Å². The molecule has 0 aromatic heterocycles. The van der Waals surface area contributed by atoms with E-state index in [-0.39, 0.29) is 5.91 Å². The second-order valence-electron chi connectivity index (χ2n) is 11.1. The molecule has 0 radical (unpaired) electrons. The van der Waals surface area contributed by atoms with Crippen molar-refractivity contribution in [2.45, 2.75) is 52.6 Å². The molecule has 5 heteroatoms. The number of fused-ring (bicyclic) bond motifs is 3. The number of carbonyl (C=O) groups is 1. The molecule has 2 aliphatic rings. The van der Waals surface area contributed by atoms with Gasteiger partial charge in [0.25, 0.3) is 5.91 Å². The van der Waals surface area contributed by atoms with E-state index in [1.807, 2.05) is 30.1 Å². The number of benzene rings is 3. The number of amides is 1. The lowest BCUT2D eigenvalue weighted by molar-refractivity contribution is 0.0793. The normalized spacial score (nSPS) is 15.6. The minimum atomic E-state index is -2.05. The minimum Gasteiger partial charge on any atom is -0.399 e. The molecule has 3 aromatic carbocycles. The number of aryl methyl sites for hydroxylation is 1. The lowest BCUT2D eigenvalue weighted by atomic mass is 9.89. The first-order valence-electron chi connectivity index (χ1n) is 13.8. The minimum absolute atomic E-state index is 0.0901. The van der Waals surface area contributed by atoms with Gasteiger partial charge in [0, 0.05) is 42.9 Å². The lowest BCUT2D eigenvalue weighted by Crippen LogP contribution is -2.64. The third kappa shape index (κ3) is 4.33. The Morgan fingerprint density at radius 1 is 1.03 bits per heavy atom. The van der Waals surface area contributed by atoms with Crippen molar-refractivity contribution in [3.63, 3.8) is 0 Å². The maximum Gasteiger partial charge on any atom is 0.254 e. The van der Waals surface area contributed by atoms with Gasteiger partial charge in [-0.15, -0.1) is 0 Å². The van der Waals surface area contributed by atoms with Gasteiger partial charge in [-0.1, -0.05) is 50.7 Å². The van der Waals surface area contributed by atoms with Gasteiger partial charge >= 0.3 is 0 Å². The molecule has 0 fully saturated rings. The fourth-order valence-corrected chi connectivity index (χ4v) is 9.30. The second kappa shape index (κ2) is 9.94. The van der Waals surface area contributed by atoms with Crippen LogP contribution < -0.4 is 31.3 Å². The van der Waals surface area contributed by atoms with E-state index in [0.717, 1.165) is 55.7 Å². The Hall–Kier alpha value is -3.18. The summed E-state index contributed by atoms with van der Waals surface area (Å²) in [6, 6.07) is 19.5. The Morgan fingerprint density at radius 3 is 2.57 bits per heavy atom. The van der Waals surface area contributed by atoms with Crippen LogP contribution in [0.15, 0.2) is 54.6 Å². The van der Waals surface area contributed by atoms with Crippen molar-refractivity contribution in [2.24, 2.45) is 0 Å². The molecule has 0 spiro atoms. The highest BCUT2D eigenvalue weighted by Gasteiger charge is 2.37. The maximum absolute atomic E-state index is 13.7. The SMILES string of the molecule is CCCCN(C)C(=O)c1ccccc1C1=c2cc3c(cc2[Si](C)(C)c2cc(N)ccc21)=[N+](CC)CCC3. The van der Waals surface area contributed by atoms with Crippen molar-refractivity contribution in [1.29, 1.82) is 0 Å². The van der Waals surface area contributed by atoms with Crippen LogP contribution in [0.3, 0.4) is 0 Å². The van der Waals surface area contributed by atoms with E-state index in [1.54, 1.807) is 0 Å². The van der Waals surface area contributed by atoms with Gasteiger partial charge in [-0.3, -0.25) is 4.79 Å². The zero-order chi connectivity index (χ0) is 26.3. The third-order valence-corrected chi connectivity index (χ3v) is 11.9. The van der Waals surface area contributed by atoms with Crippen molar-refractivity contribution in [1.82, 2.24) is 9.48 Å². The van der Waals surface area contributed by atoms with Crippen molar-refractivity contribution < 1.29 is 4.79 Å². The van der Waals surface area contributed by atoms with Crippen molar-refractivity contribution in [2.75, 3.05) is 32.4 Å². The number of rotatable bonds is 6. The number of nitrogen functional groups attached to an aromatic ring is 1. The molecule has 0 saturated carbocycles. The molecule has 0 bridgehead atoms. The van der Waals surface area contributed by atoms with Crippen LogP contribution in [0.4, 0.5) is 5.69 Å². The smallest absolute Gasteiger partial charge is 0.254 e. The van der Waals surface area contributed by atoms with Gasteiger partial charge in [0.2, 0.25) is 5.36 Å². The van der Waals surface area contributed by atoms with Crippen LogP contribution in [0.5, 0.6) is 0 Å². The van der Waals surface area contributed by atoms with Crippen molar-refractivity contribution in [3.05, 3.63) is 87.4 Å². The fourth-order valence-electron chi connectivity index (χ4n) is 6.23. The monoisotopic (exact) mass is 510 g/mol. The molecule has 2 N–H and O–H groups in total. The number of nitrogens with zero attached hydrogens (tertiary/aromatic N) is 2. The van der Waals surface area contributed by atoms with Gasteiger partial charge in [0.05, 0.1) is 0 Å². The van der Waals surface area contributed by atoms with Gasteiger partial charge in [-0.2, -0.15) is 0 Å². The summed E-state index contributed by atoms with van der Waals surface area (Å²) in [7, 11) is -0.121. The predicted octanol–water partition coefficient (Wildman–Crippen LogP) is 2.98. The highest BCUT2D eigenvalue weighted by Crippen LogP contribution is 2.29. The summed E-state index contributed by atoms with van der Waals surface area (Å²) in [5.41, 5.74) is 12.8. The van der Waals surface area contributed by atoms with Crippen LogP contribution >= 0.6 is 0 Å². The zero-order valence-corrected chi connectivity index (χ0v) is 24.0. The number of nitrogens with two attached hydrogens (primary N) is 1. The summed E-state index contributed by atoms with van der Waals surface area (Å²) in [6.45, 7) is 12.2. The van der Waals surface area contributed by atoms with Crippen LogP contribution in [-0.2, 0) is 6.42 Å². The molecule has 2 heterocycles. The Kier molecular flexibility index (Phi) is 6.84. The number of anilines is 1. The highest BCUT2D eigenvalue weighted by atomic mass is 28.3. The lowest BCUT2D eigenvalue weighted by Gasteiger charge is -2.34. The molecule has 0 atom stereocenters. The Morgan fingerprint density at radius 2 is 1.81 bits per heavy atom. The van der Waals surface area contributed by atoms with E-state index >= 15 is 0 Å². The average molecular weight is 511 g/mol. The number of unbranched alkanes of at least 4 members (excludes halogenated alkanes) is 1. The average Bonchev–Trinajstić information content (AvgIpc) is 2.91. The van der Waals surface area contributed by atoms with E-state index in [9.17, 15) is 4.79 Å². The number of hydrogen-bond acceptors (Lipinski definition) is 2. The highest BCUT2D eigenvalue weighted by molar-refractivity contribution is 7.01. The molecule has 5 rings (SSSR count). The van der Waals surface area contributed by atoms with Crippen LogP contribution in [0.25, 0.3) is 5.57 Å². The quantitative estimate of drug-likeness (QED) is 0.315. The second-order valence-corrected chi connectivity index (χ2v) is 15.5. The van der Waals surface area contributed by atoms with Crippen LogP contribution in [0, 0.1) is 0 Å². The zero-order valence-electron chi connectivity index (χ0n) is 23.0. The first kappa shape index (κ1) is 25.5. The van der Waals surface area contributed by atoms with Crippen LogP contribution in [0.2, 0.25) is 13.1 Å². The first-order chi connectivity index (χ1) is 17.8. The Balaban J connectivity index is 1.88. The topological polar surface area (TPSA) is 49.3 Å². The van der Waals surface area contributed by atoms with E-state index < -0.39 is 8.07 Å². The van der Waals surface area contributed by atoms with Crippen molar-refractivity contribution >= 4 is 35.6 Å². The molecular weight excluding hydrogens is 470 g/mol. The Labute approximate surface area is 222 Å². The molecule has 37 heavy (non-hydrogen) atoms. The number of carbonyl (C=O) groups excluding carboxylic acids is 1. The molecule has 0 aliphatic carbocycles. The molecule has 192 valence electrons. The molecule has 3 aromatic rings. The summed E-state index contributed by atoms with van der Waals surface area (Å²) < 4.78 is 2.53. The summed E-state index contributed by atoms with van der Waals surface area (Å²) in [5.74, 6) is 0.0901. The van der Waals surface area contributed by atoms with E-state index in [4.69, 9.17) is 5.73 Å². The van der Waals surface area contributed by atoms with Crippen molar-refractivity contribution in [3.8, 4) is 0 Å². The van der Waals surface area contributed by atoms with E-state index in [2.05, 4.69) is 67.9 Å². The fraction of sp³-hybridized carbons (Fsp3) is 0.375. The maximum atomic E-state index is 13.7. The summed E-state index contributed by atoms with van der Waals surface area (Å²) >= 11 is 0. The molecule has 4 nitrogen and oxygen atoms in total. The molecule has 0 saturated heterocycles. The summed E-state index contributed by atoms with van der Waals surface area (Å²) in [6.07, 6.45) is 4.35. The van der Waals surface area contributed by atoms with Gasteiger partial charge in [-0.05, 0) is 76.3 Å². The third-order valence-electron chi connectivity index (χ3n) is 8.36. The van der Waals surface area contributed by atoms with Gasteiger partial charge in [-0.25, -0.2) is 4.58 Å². The van der Waals surface area contributed by atoms with Crippen LogP contribution in [0.1, 0.15) is 60.2 Å². The van der Waals surface area contributed by atoms with Gasteiger partial charge in [0.15, 0.2) is 0 Å². The molecule has 2 aliphatic heterocycles. The standard InChI is InChI=1S/C32H39N3OSi/c1-6-8-17-34(3)32(36)25-14-10-9-13-24(25)31-26-16-15-23(33)20-29(26)37(4,5)30-21-28-22(19-27(30)31)12-11-18-35(28)7-2/h9-10,13-16,19-21,33H,6-8,11-12,17-18H2,1-5H3/p+1. The van der Waals surface area contributed by atoms with E-state index in [0.29, 0.717) is 0 Å². The molecule has 1 amide bonds. The predicted molar refractivity (Wildman–Crippen MR) is 158 cm³/mol. The van der Waals surface area contributed by atoms with Crippen LogP contribution in [-0.4, -0.2) is 45.6 Å². The largest absolute Gasteiger partial charge is 0.399 e. The first-order valence-corrected chi connectivity index (χ1v) is 16.8. The Bertz CT molecular complexity index is 1500. The van der Waals surface area contributed by atoms with Gasteiger partial charge < -0.3 is 10.6 Å². The van der Waals surface area contributed by atoms with Gasteiger partial charge in [0.1, 0.15) is 21.2 Å². The number of hydrogen-bond donors (Lipinski definition) is 1. The summed E-state index contributed by atoms with van der Waals surface area (Å²) in [5, 5.41) is 5.50.